The molecule has 116 valence electrons. The molecule has 0 radical (unpaired) electrons. The lowest BCUT2D eigenvalue weighted by atomic mass is 10.1. The lowest BCUT2D eigenvalue weighted by Crippen LogP contribution is -2.45. The fraction of sp³-hybridized carbons (Fsp3) is 0.500. The molecule has 1 saturated heterocycles. The molecule has 1 aromatic carbocycles. The fourth-order valence-electron chi connectivity index (χ4n) is 2.22. The van der Waals surface area contributed by atoms with Gasteiger partial charge >= 0.3 is 0 Å². The van der Waals surface area contributed by atoms with Gasteiger partial charge in [-0.3, -0.25) is 10.1 Å². The molecule has 2 N–H and O–H groups in total. The van der Waals surface area contributed by atoms with Crippen LogP contribution in [0.3, 0.4) is 0 Å². The van der Waals surface area contributed by atoms with Crippen LogP contribution >= 0.6 is 0 Å². The largest absolute Gasteiger partial charge is 0.315 e. The monoisotopic (exact) mass is 317 g/mol. The van der Waals surface area contributed by atoms with Crippen molar-refractivity contribution in [3.8, 4) is 0 Å². The predicted octanol–water partition coefficient (Wildman–Crippen LogP) is 1.07. The van der Waals surface area contributed by atoms with Gasteiger partial charge < -0.3 is 5.32 Å². The molecule has 1 atom stereocenters. The molecule has 0 aromatic heterocycles. The van der Waals surface area contributed by atoms with Gasteiger partial charge in [0.15, 0.2) is 0 Å². The Bertz CT molecular complexity index is 657. The Morgan fingerprint density at radius 2 is 2.19 bits per heavy atom. The normalized spacial score (nSPS) is 19.4. The standard InChI is InChI=1S/C12H16FN3O4S/c1-8-11(13)5-10(6-12(8)16(17)18)21(19,20)15-9-3-2-4-14-7-9/h5-6,9,14-15H,2-4,7H2,1H3. The molecule has 0 amide bonds. The molecule has 1 unspecified atom stereocenters. The number of halogens is 1. The topological polar surface area (TPSA) is 101 Å². The van der Waals surface area contributed by atoms with Gasteiger partial charge in [0.1, 0.15) is 5.82 Å². The molecular weight excluding hydrogens is 301 g/mol. The molecule has 21 heavy (non-hydrogen) atoms. The van der Waals surface area contributed by atoms with Gasteiger partial charge in [-0.15, -0.1) is 0 Å². The minimum Gasteiger partial charge on any atom is -0.315 e. The Labute approximate surface area is 121 Å². The second-order valence-electron chi connectivity index (χ2n) is 4.97. The molecule has 2 rings (SSSR count). The molecule has 1 heterocycles. The number of nitro benzene ring substituents is 1. The van der Waals surface area contributed by atoms with E-state index >= 15 is 0 Å². The van der Waals surface area contributed by atoms with Gasteiger partial charge in [0.05, 0.1) is 15.4 Å². The zero-order valence-electron chi connectivity index (χ0n) is 11.4. The first-order chi connectivity index (χ1) is 9.81. The van der Waals surface area contributed by atoms with E-state index in [0.29, 0.717) is 13.0 Å². The zero-order chi connectivity index (χ0) is 15.6. The molecule has 7 nitrogen and oxygen atoms in total. The molecule has 1 fully saturated rings. The van der Waals surface area contributed by atoms with E-state index in [9.17, 15) is 22.9 Å². The van der Waals surface area contributed by atoms with E-state index in [1.807, 2.05) is 0 Å². The van der Waals surface area contributed by atoms with Gasteiger partial charge in [-0.1, -0.05) is 0 Å². The van der Waals surface area contributed by atoms with Crippen molar-refractivity contribution >= 4 is 15.7 Å². The summed E-state index contributed by atoms with van der Waals surface area (Å²) in [7, 11) is -3.99. The lowest BCUT2D eigenvalue weighted by Gasteiger charge is -2.23. The smallest absolute Gasteiger partial charge is 0.276 e. The van der Waals surface area contributed by atoms with Crippen LogP contribution in [-0.2, 0) is 10.0 Å². The number of rotatable bonds is 4. The van der Waals surface area contributed by atoms with Crippen LogP contribution in [-0.4, -0.2) is 32.5 Å². The summed E-state index contributed by atoms with van der Waals surface area (Å²) in [6.45, 7) is 2.54. The van der Waals surface area contributed by atoms with Crippen LogP contribution in [0.4, 0.5) is 10.1 Å². The molecule has 0 aliphatic carbocycles. The van der Waals surface area contributed by atoms with Crippen LogP contribution < -0.4 is 10.0 Å². The third-order valence-corrected chi connectivity index (χ3v) is 4.92. The van der Waals surface area contributed by atoms with E-state index in [0.717, 1.165) is 25.1 Å². The van der Waals surface area contributed by atoms with E-state index in [1.54, 1.807) is 0 Å². The SMILES string of the molecule is Cc1c(F)cc(S(=O)(=O)NC2CCCNC2)cc1[N+](=O)[O-]. The van der Waals surface area contributed by atoms with Gasteiger partial charge in [0.2, 0.25) is 10.0 Å². The average molecular weight is 317 g/mol. The van der Waals surface area contributed by atoms with Crippen molar-refractivity contribution in [3.05, 3.63) is 33.6 Å². The highest BCUT2D eigenvalue weighted by atomic mass is 32.2. The molecule has 0 bridgehead atoms. The first-order valence-corrected chi connectivity index (χ1v) is 7.97. The summed E-state index contributed by atoms with van der Waals surface area (Å²) < 4.78 is 40.6. The van der Waals surface area contributed by atoms with Crippen LogP contribution in [0.5, 0.6) is 0 Å². The lowest BCUT2D eigenvalue weighted by molar-refractivity contribution is -0.385. The summed E-state index contributed by atoms with van der Waals surface area (Å²) in [4.78, 5) is 9.64. The zero-order valence-corrected chi connectivity index (χ0v) is 12.2. The number of benzene rings is 1. The minimum absolute atomic E-state index is 0.182. The van der Waals surface area contributed by atoms with E-state index in [2.05, 4.69) is 10.0 Å². The summed E-state index contributed by atoms with van der Waals surface area (Å²) in [6.07, 6.45) is 1.50. The number of hydrogen-bond donors (Lipinski definition) is 2. The van der Waals surface area contributed by atoms with Crippen LogP contribution in [0.2, 0.25) is 0 Å². The summed E-state index contributed by atoms with van der Waals surface area (Å²) in [5, 5.41) is 13.9. The van der Waals surface area contributed by atoms with Crippen molar-refractivity contribution in [1.82, 2.24) is 10.0 Å². The van der Waals surface area contributed by atoms with Gasteiger partial charge in [-0.25, -0.2) is 17.5 Å². The van der Waals surface area contributed by atoms with Crippen LogP contribution in [0.15, 0.2) is 17.0 Å². The maximum absolute atomic E-state index is 13.7. The van der Waals surface area contributed by atoms with Crippen LogP contribution in [0.25, 0.3) is 0 Å². The first kappa shape index (κ1) is 15.8. The van der Waals surface area contributed by atoms with Crippen molar-refractivity contribution < 1.29 is 17.7 Å². The fourth-order valence-corrected chi connectivity index (χ4v) is 3.53. The molecule has 1 aliphatic heterocycles. The summed E-state index contributed by atoms with van der Waals surface area (Å²) in [5.41, 5.74) is -0.726. The highest BCUT2D eigenvalue weighted by Gasteiger charge is 2.26. The molecule has 1 aromatic rings. The van der Waals surface area contributed by atoms with Crippen molar-refractivity contribution in [2.75, 3.05) is 13.1 Å². The Balaban J connectivity index is 2.33. The van der Waals surface area contributed by atoms with Crippen molar-refractivity contribution in [1.29, 1.82) is 0 Å². The number of nitrogens with zero attached hydrogens (tertiary/aromatic N) is 1. The highest BCUT2D eigenvalue weighted by Crippen LogP contribution is 2.25. The summed E-state index contributed by atoms with van der Waals surface area (Å²) in [6, 6.07) is 1.39. The molecule has 1 aliphatic rings. The minimum atomic E-state index is -3.99. The highest BCUT2D eigenvalue weighted by molar-refractivity contribution is 7.89. The van der Waals surface area contributed by atoms with Gasteiger partial charge in [-0.05, 0) is 32.4 Å². The van der Waals surface area contributed by atoms with Gasteiger partial charge in [-0.2, -0.15) is 0 Å². The van der Waals surface area contributed by atoms with Crippen LogP contribution in [0, 0.1) is 22.9 Å². The van der Waals surface area contributed by atoms with Crippen molar-refractivity contribution in [2.45, 2.75) is 30.7 Å². The van der Waals surface area contributed by atoms with E-state index in [4.69, 9.17) is 0 Å². The van der Waals surface area contributed by atoms with Crippen molar-refractivity contribution in [2.24, 2.45) is 0 Å². The summed E-state index contributed by atoms with van der Waals surface area (Å²) >= 11 is 0. The third kappa shape index (κ3) is 3.55. The van der Waals surface area contributed by atoms with E-state index < -0.39 is 31.3 Å². The second-order valence-corrected chi connectivity index (χ2v) is 6.68. The number of nitro groups is 1. The van der Waals surface area contributed by atoms with Crippen LogP contribution in [0.1, 0.15) is 18.4 Å². The maximum Gasteiger partial charge on any atom is 0.276 e. The number of piperidine rings is 1. The average Bonchev–Trinajstić information content (AvgIpc) is 2.41. The van der Waals surface area contributed by atoms with Gasteiger partial charge in [0.25, 0.3) is 5.69 Å². The Kier molecular flexibility index (Phi) is 4.55. The molecule has 0 saturated carbocycles. The number of nitrogens with one attached hydrogen (secondary N) is 2. The van der Waals surface area contributed by atoms with Gasteiger partial charge in [0, 0.05) is 18.7 Å². The molecule has 0 spiro atoms. The summed E-state index contributed by atoms with van der Waals surface area (Å²) in [5.74, 6) is -0.911. The van der Waals surface area contributed by atoms with Crippen molar-refractivity contribution in [3.63, 3.8) is 0 Å². The Hall–Kier alpha value is -1.58. The number of hydrogen-bond acceptors (Lipinski definition) is 5. The Morgan fingerprint density at radius 1 is 1.48 bits per heavy atom. The second kappa shape index (κ2) is 6.04. The predicted molar refractivity (Wildman–Crippen MR) is 74.0 cm³/mol. The number of sulfonamides is 1. The molecule has 9 heteroatoms. The first-order valence-electron chi connectivity index (χ1n) is 6.49. The third-order valence-electron chi connectivity index (χ3n) is 3.42. The maximum atomic E-state index is 13.7. The molecular formula is C12H16FN3O4S. The van der Waals surface area contributed by atoms with E-state index in [-0.39, 0.29) is 11.6 Å². The Morgan fingerprint density at radius 3 is 2.76 bits per heavy atom. The quantitative estimate of drug-likeness (QED) is 0.639. The van der Waals surface area contributed by atoms with E-state index in [1.165, 1.54) is 6.92 Å².